The molecule has 0 aliphatic carbocycles. The molecule has 2 heterocycles. The summed E-state index contributed by atoms with van der Waals surface area (Å²) in [4.78, 5) is 26.8. The van der Waals surface area contributed by atoms with Crippen LogP contribution in [-0.4, -0.2) is 63.3 Å². The van der Waals surface area contributed by atoms with Crippen LogP contribution < -0.4 is 16.0 Å². The highest BCUT2D eigenvalue weighted by molar-refractivity contribution is 6.14. The number of likely N-dealkylation sites (tertiary alicyclic amines) is 1. The Labute approximate surface area is 184 Å². The molecule has 1 fully saturated rings. The van der Waals surface area contributed by atoms with Gasteiger partial charge in [-0.15, -0.1) is 0 Å². The zero-order valence-electron chi connectivity index (χ0n) is 18.9. The largest absolute Gasteiger partial charge is 0.463 e. The molecule has 2 rings (SSSR count). The van der Waals surface area contributed by atoms with E-state index in [1.165, 1.54) is 19.3 Å². The molecule has 0 saturated carbocycles. The molecule has 1 aliphatic heterocycles. The first-order valence-corrected chi connectivity index (χ1v) is 11.1. The second-order valence-electron chi connectivity index (χ2n) is 7.25. The minimum Gasteiger partial charge on any atom is -0.463 e. The number of furan rings is 1. The molecule has 0 aromatic carbocycles. The predicted molar refractivity (Wildman–Crippen MR) is 117 cm³/mol. The number of nitrogens with zero attached hydrogens (tertiary/aromatic N) is 1. The molecule has 3 N–H and O–H groups in total. The van der Waals surface area contributed by atoms with Crippen LogP contribution >= 0.6 is 0 Å². The van der Waals surface area contributed by atoms with Gasteiger partial charge >= 0.3 is 11.9 Å². The molecule has 9 nitrogen and oxygen atoms in total. The third kappa shape index (κ3) is 8.26. The van der Waals surface area contributed by atoms with Gasteiger partial charge in [0.2, 0.25) is 0 Å². The molecule has 1 aliphatic rings. The molecule has 0 bridgehead atoms. The summed E-state index contributed by atoms with van der Waals surface area (Å²) >= 11 is 0. The van der Waals surface area contributed by atoms with Crippen LogP contribution in [0.5, 0.6) is 0 Å². The lowest BCUT2D eigenvalue weighted by atomic mass is 10.1. The Kier molecular flexibility index (Phi) is 10.9. The van der Waals surface area contributed by atoms with Gasteiger partial charge in [0.25, 0.3) is 0 Å². The van der Waals surface area contributed by atoms with E-state index >= 15 is 0 Å². The third-order valence-corrected chi connectivity index (χ3v) is 4.91. The van der Waals surface area contributed by atoms with Crippen LogP contribution in [-0.2, 0) is 32.2 Å². The highest BCUT2D eigenvalue weighted by Gasteiger charge is 2.25. The third-order valence-electron chi connectivity index (χ3n) is 4.91. The quantitative estimate of drug-likeness (QED) is 0.139. The first kappa shape index (κ1) is 24.7. The van der Waals surface area contributed by atoms with Gasteiger partial charge in [-0.3, -0.25) is 4.90 Å². The maximum Gasteiger partial charge on any atom is 0.349 e. The highest BCUT2D eigenvalue weighted by atomic mass is 16.6. The van der Waals surface area contributed by atoms with Crippen LogP contribution in [0.15, 0.2) is 27.9 Å². The maximum atomic E-state index is 12.2. The summed E-state index contributed by atoms with van der Waals surface area (Å²) in [7, 11) is 1.63. The van der Waals surface area contributed by atoms with Gasteiger partial charge in [0, 0.05) is 20.1 Å². The Morgan fingerprint density at radius 1 is 1.00 bits per heavy atom. The first-order valence-electron chi connectivity index (χ1n) is 11.1. The SMILES string of the molecule is CCOC(=O)C(C(=O)OCC)=C(NC)NCCNCc1ccc(CN2CCCCC2)o1. The summed E-state index contributed by atoms with van der Waals surface area (Å²) in [5.74, 6) is 0.714. The number of esters is 2. The first-order chi connectivity index (χ1) is 15.1. The standard InChI is InChI=1S/C22H36N4O5/c1-4-29-21(27)19(22(28)30-5-2)20(23-3)25-12-11-24-15-17-9-10-18(31-17)16-26-13-7-6-8-14-26/h9-10,23-25H,4-8,11-16H2,1-3H3. The van der Waals surface area contributed by atoms with Gasteiger partial charge in [0.05, 0.1) is 26.3 Å². The number of ether oxygens (including phenoxy) is 2. The fourth-order valence-corrected chi connectivity index (χ4v) is 3.42. The molecule has 0 atom stereocenters. The van der Waals surface area contributed by atoms with Crippen molar-refractivity contribution in [2.75, 3.05) is 46.4 Å². The van der Waals surface area contributed by atoms with Crippen LogP contribution in [0, 0.1) is 0 Å². The van der Waals surface area contributed by atoms with E-state index in [-0.39, 0.29) is 24.6 Å². The molecular formula is C22H36N4O5. The molecule has 0 radical (unpaired) electrons. The number of rotatable bonds is 13. The Morgan fingerprint density at radius 3 is 2.26 bits per heavy atom. The van der Waals surface area contributed by atoms with Gasteiger partial charge in [0.15, 0.2) is 5.57 Å². The highest BCUT2D eigenvalue weighted by Crippen LogP contribution is 2.15. The number of carbonyl (C=O) groups is 2. The van der Waals surface area contributed by atoms with Crippen molar-refractivity contribution in [3.05, 3.63) is 35.0 Å². The lowest BCUT2D eigenvalue weighted by Crippen LogP contribution is -2.35. The second-order valence-corrected chi connectivity index (χ2v) is 7.25. The summed E-state index contributed by atoms with van der Waals surface area (Å²) in [6.45, 7) is 8.54. The van der Waals surface area contributed by atoms with Crippen molar-refractivity contribution in [3.8, 4) is 0 Å². The smallest absolute Gasteiger partial charge is 0.349 e. The van der Waals surface area contributed by atoms with Crippen molar-refractivity contribution in [2.45, 2.75) is 46.2 Å². The summed E-state index contributed by atoms with van der Waals surface area (Å²) in [6.07, 6.45) is 3.85. The van der Waals surface area contributed by atoms with E-state index in [4.69, 9.17) is 13.9 Å². The van der Waals surface area contributed by atoms with Gasteiger partial charge in [-0.05, 0) is 51.9 Å². The summed E-state index contributed by atoms with van der Waals surface area (Å²) in [5.41, 5.74) is -0.167. The number of piperidine rings is 1. The van der Waals surface area contributed by atoms with Crippen molar-refractivity contribution in [1.29, 1.82) is 0 Å². The average Bonchev–Trinajstić information content (AvgIpc) is 3.20. The number of hydrogen-bond acceptors (Lipinski definition) is 9. The molecule has 0 spiro atoms. The number of carbonyl (C=O) groups excluding carboxylic acids is 2. The maximum absolute atomic E-state index is 12.2. The number of hydrogen-bond donors (Lipinski definition) is 3. The van der Waals surface area contributed by atoms with Gasteiger partial charge in [0.1, 0.15) is 17.3 Å². The minimum absolute atomic E-state index is 0.167. The van der Waals surface area contributed by atoms with E-state index < -0.39 is 11.9 Å². The predicted octanol–water partition coefficient (Wildman–Crippen LogP) is 1.50. The van der Waals surface area contributed by atoms with E-state index in [0.717, 1.165) is 31.2 Å². The van der Waals surface area contributed by atoms with Crippen LogP contribution in [0.4, 0.5) is 0 Å². The minimum atomic E-state index is -0.720. The molecule has 9 heteroatoms. The van der Waals surface area contributed by atoms with Gasteiger partial charge in [-0.25, -0.2) is 9.59 Å². The van der Waals surface area contributed by atoms with Crippen molar-refractivity contribution in [1.82, 2.24) is 20.9 Å². The fourth-order valence-electron chi connectivity index (χ4n) is 3.42. The fraction of sp³-hybridized carbons (Fsp3) is 0.636. The Bertz CT molecular complexity index is 705. The van der Waals surface area contributed by atoms with E-state index in [0.29, 0.717) is 19.6 Å². The van der Waals surface area contributed by atoms with E-state index in [9.17, 15) is 9.59 Å². The topological polar surface area (TPSA) is 105 Å². The summed E-state index contributed by atoms with van der Waals surface area (Å²) in [5, 5.41) is 9.20. The molecule has 0 amide bonds. The van der Waals surface area contributed by atoms with Crippen molar-refractivity contribution in [3.63, 3.8) is 0 Å². The zero-order valence-corrected chi connectivity index (χ0v) is 18.9. The van der Waals surface area contributed by atoms with Crippen LogP contribution in [0.3, 0.4) is 0 Å². The average molecular weight is 437 g/mol. The van der Waals surface area contributed by atoms with Crippen LogP contribution in [0.1, 0.15) is 44.6 Å². The summed E-state index contributed by atoms with van der Waals surface area (Å²) in [6, 6.07) is 4.04. The van der Waals surface area contributed by atoms with E-state index in [1.807, 2.05) is 12.1 Å². The second kappa shape index (κ2) is 13.7. The normalized spacial score (nSPS) is 14.0. The van der Waals surface area contributed by atoms with Gasteiger partial charge in [-0.1, -0.05) is 6.42 Å². The monoisotopic (exact) mass is 436 g/mol. The van der Waals surface area contributed by atoms with Crippen molar-refractivity contribution >= 4 is 11.9 Å². The lowest BCUT2D eigenvalue weighted by molar-refractivity contribution is -0.146. The van der Waals surface area contributed by atoms with E-state index in [1.54, 1.807) is 20.9 Å². The molecule has 1 saturated heterocycles. The van der Waals surface area contributed by atoms with Gasteiger partial charge in [-0.2, -0.15) is 0 Å². The van der Waals surface area contributed by atoms with E-state index in [2.05, 4.69) is 20.9 Å². The molecule has 0 unspecified atom stereocenters. The molecular weight excluding hydrogens is 400 g/mol. The molecule has 174 valence electrons. The lowest BCUT2D eigenvalue weighted by Gasteiger charge is -2.25. The number of nitrogens with one attached hydrogen (secondary N) is 3. The molecule has 31 heavy (non-hydrogen) atoms. The van der Waals surface area contributed by atoms with Gasteiger partial charge < -0.3 is 29.8 Å². The summed E-state index contributed by atoms with van der Waals surface area (Å²) < 4.78 is 15.9. The van der Waals surface area contributed by atoms with Crippen LogP contribution in [0.2, 0.25) is 0 Å². The van der Waals surface area contributed by atoms with Crippen molar-refractivity contribution in [2.24, 2.45) is 0 Å². The van der Waals surface area contributed by atoms with Crippen LogP contribution in [0.25, 0.3) is 0 Å². The molecule has 1 aromatic heterocycles. The Morgan fingerprint density at radius 2 is 1.65 bits per heavy atom. The zero-order chi connectivity index (χ0) is 22.5. The Hall–Kier alpha value is -2.52. The van der Waals surface area contributed by atoms with Crippen molar-refractivity contribution < 1.29 is 23.5 Å². The molecule has 1 aromatic rings. The Balaban J connectivity index is 1.80.